The Kier molecular flexibility index (Phi) is 7.68. The maximum Gasteiger partial charge on any atom is 0.471 e. The van der Waals surface area contributed by atoms with Crippen LogP contribution < -0.4 is 0 Å². The van der Waals surface area contributed by atoms with Crippen molar-refractivity contribution in [2.75, 3.05) is 13.1 Å². The van der Waals surface area contributed by atoms with Crippen LogP contribution in [0.2, 0.25) is 0 Å². The summed E-state index contributed by atoms with van der Waals surface area (Å²) in [5.74, 6) is -1.71. The lowest BCUT2D eigenvalue weighted by molar-refractivity contribution is -0.196. The molecule has 0 atom stereocenters. The van der Waals surface area contributed by atoms with Crippen molar-refractivity contribution >= 4 is 18.1 Å². The second-order valence-corrected chi connectivity index (χ2v) is 10.6. The molecular formula is C26H35F3N2O3. The summed E-state index contributed by atoms with van der Waals surface area (Å²) >= 11 is 0. The van der Waals surface area contributed by atoms with Gasteiger partial charge in [0.25, 0.3) is 0 Å². The van der Waals surface area contributed by atoms with Gasteiger partial charge in [-0.05, 0) is 58.4 Å². The zero-order chi connectivity index (χ0) is 25.1. The molecule has 0 radical (unpaired) electrons. The molecule has 2 aliphatic carbocycles. The molecule has 1 saturated heterocycles. The van der Waals surface area contributed by atoms with Crippen molar-refractivity contribution in [1.29, 1.82) is 0 Å². The molecule has 1 aliphatic heterocycles. The van der Waals surface area contributed by atoms with Crippen LogP contribution in [0.5, 0.6) is 0 Å². The molecule has 1 aromatic rings. The first-order valence-electron chi connectivity index (χ1n) is 11.9. The molecule has 2 saturated carbocycles. The normalized spacial score (nSPS) is 19.7. The molecule has 2 amide bonds. The van der Waals surface area contributed by atoms with Crippen molar-refractivity contribution in [3.05, 3.63) is 42.0 Å². The molecule has 4 rings (SSSR count). The fourth-order valence-corrected chi connectivity index (χ4v) is 4.56. The third-order valence-corrected chi connectivity index (χ3v) is 6.20. The van der Waals surface area contributed by atoms with Gasteiger partial charge < -0.3 is 14.5 Å². The highest BCUT2D eigenvalue weighted by Crippen LogP contribution is 2.52. The zero-order valence-electron chi connectivity index (χ0n) is 20.4. The van der Waals surface area contributed by atoms with Crippen molar-refractivity contribution in [1.82, 2.24) is 9.80 Å². The summed E-state index contributed by atoms with van der Waals surface area (Å²) in [6.45, 7) is 8.50. The minimum absolute atomic E-state index is 0.138. The lowest BCUT2D eigenvalue weighted by atomic mass is 9.60. The Labute approximate surface area is 199 Å². The average Bonchev–Trinajstić information content (AvgIpc) is 3.51. The van der Waals surface area contributed by atoms with Crippen molar-refractivity contribution in [2.24, 2.45) is 5.41 Å². The van der Waals surface area contributed by atoms with Crippen LogP contribution in [0, 0.1) is 5.41 Å². The summed E-state index contributed by atoms with van der Waals surface area (Å²) in [6, 6.07) is 9.72. The van der Waals surface area contributed by atoms with Crippen LogP contribution in [0.1, 0.15) is 65.4 Å². The van der Waals surface area contributed by atoms with E-state index in [9.17, 15) is 22.8 Å². The van der Waals surface area contributed by atoms with Gasteiger partial charge in [-0.1, -0.05) is 49.4 Å². The molecule has 1 spiro atoms. The maximum atomic E-state index is 12.8. The van der Waals surface area contributed by atoms with Gasteiger partial charge in [-0.25, -0.2) is 4.79 Å². The first-order valence-corrected chi connectivity index (χ1v) is 11.9. The molecule has 8 heteroatoms. The van der Waals surface area contributed by atoms with Gasteiger partial charge >= 0.3 is 18.2 Å². The monoisotopic (exact) mass is 480 g/mol. The number of rotatable bonds is 4. The summed E-state index contributed by atoms with van der Waals surface area (Å²) in [4.78, 5) is 26.2. The van der Waals surface area contributed by atoms with E-state index in [4.69, 9.17) is 4.74 Å². The van der Waals surface area contributed by atoms with E-state index < -0.39 is 17.7 Å². The molecule has 0 N–H and O–H groups in total. The molecule has 5 nitrogen and oxygen atoms in total. The third kappa shape index (κ3) is 6.76. The van der Waals surface area contributed by atoms with Crippen LogP contribution in [-0.4, -0.2) is 58.8 Å². The number of nitrogens with zero attached hydrogens (tertiary/aromatic N) is 2. The number of halogens is 3. The van der Waals surface area contributed by atoms with Crippen molar-refractivity contribution in [3.8, 4) is 0 Å². The fraction of sp³-hybridized carbons (Fsp3) is 0.615. The molecule has 1 heterocycles. The SMILES string of the molecule is CC(C)(C)OC(=O)N1CC2(CC(N(C(=O)C(F)(F)F)C3CC3)C2)C1.CC/C=C\c1ccccc1. The van der Waals surface area contributed by atoms with Gasteiger partial charge in [0, 0.05) is 30.6 Å². The molecule has 0 unspecified atom stereocenters. The van der Waals surface area contributed by atoms with Gasteiger partial charge in [0.15, 0.2) is 0 Å². The Hall–Kier alpha value is -2.51. The lowest BCUT2D eigenvalue weighted by Gasteiger charge is -2.60. The van der Waals surface area contributed by atoms with Crippen molar-refractivity contribution in [3.63, 3.8) is 0 Å². The highest BCUT2D eigenvalue weighted by molar-refractivity contribution is 5.83. The molecular weight excluding hydrogens is 445 g/mol. The number of allylic oxidation sites excluding steroid dienone is 1. The van der Waals surface area contributed by atoms with Crippen LogP contribution in [0.3, 0.4) is 0 Å². The van der Waals surface area contributed by atoms with E-state index in [2.05, 4.69) is 43.3 Å². The van der Waals surface area contributed by atoms with Gasteiger partial charge in [0.1, 0.15) is 5.60 Å². The summed E-state index contributed by atoms with van der Waals surface area (Å²) in [7, 11) is 0. The van der Waals surface area contributed by atoms with E-state index in [1.165, 1.54) is 5.56 Å². The maximum absolute atomic E-state index is 12.8. The van der Waals surface area contributed by atoms with Gasteiger partial charge in [-0.3, -0.25) is 4.79 Å². The van der Waals surface area contributed by atoms with Crippen LogP contribution >= 0.6 is 0 Å². The van der Waals surface area contributed by atoms with Crippen LogP contribution in [0.15, 0.2) is 36.4 Å². The molecule has 1 aromatic carbocycles. The topological polar surface area (TPSA) is 49.9 Å². The quantitative estimate of drug-likeness (QED) is 0.527. The third-order valence-electron chi connectivity index (χ3n) is 6.20. The number of carbonyl (C=O) groups excluding carboxylic acids is 2. The summed E-state index contributed by atoms with van der Waals surface area (Å²) in [5.41, 5.74) is 0.578. The number of benzene rings is 1. The number of amides is 2. The second kappa shape index (κ2) is 10.0. The van der Waals surface area contributed by atoms with Crippen LogP contribution in [-0.2, 0) is 9.53 Å². The molecule has 3 aliphatic rings. The molecule has 188 valence electrons. The molecule has 3 fully saturated rings. The Morgan fingerprint density at radius 2 is 1.68 bits per heavy atom. The molecule has 0 bridgehead atoms. The molecule has 0 aromatic heterocycles. The zero-order valence-corrected chi connectivity index (χ0v) is 20.4. The predicted molar refractivity (Wildman–Crippen MR) is 125 cm³/mol. The number of likely N-dealkylation sites (tertiary alicyclic amines) is 1. The van der Waals surface area contributed by atoms with Crippen LogP contribution in [0.25, 0.3) is 6.08 Å². The summed E-state index contributed by atoms with van der Waals surface area (Å²) in [5, 5.41) is 0. The highest BCUT2D eigenvalue weighted by atomic mass is 19.4. The van der Waals surface area contributed by atoms with Gasteiger partial charge in [-0.2, -0.15) is 13.2 Å². The minimum atomic E-state index is -4.81. The molecule has 34 heavy (non-hydrogen) atoms. The summed E-state index contributed by atoms with van der Waals surface area (Å²) < 4.78 is 43.6. The van der Waals surface area contributed by atoms with Crippen molar-refractivity contribution < 1.29 is 27.5 Å². The van der Waals surface area contributed by atoms with Gasteiger partial charge in [0.05, 0.1) is 0 Å². The van der Waals surface area contributed by atoms with E-state index in [0.29, 0.717) is 38.8 Å². The predicted octanol–water partition coefficient (Wildman–Crippen LogP) is 6.05. The van der Waals surface area contributed by atoms with E-state index in [1.807, 2.05) is 6.07 Å². The Morgan fingerprint density at radius 3 is 2.15 bits per heavy atom. The number of carbonyl (C=O) groups is 2. The van der Waals surface area contributed by atoms with E-state index >= 15 is 0 Å². The Morgan fingerprint density at radius 1 is 1.09 bits per heavy atom. The number of hydrogen-bond acceptors (Lipinski definition) is 3. The van der Waals surface area contributed by atoms with E-state index in [0.717, 1.165) is 11.3 Å². The smallest absolute Gasteiger partial charge is 0.444 e. The van der Waals surface area contributed by atoms with Gasteiger partial charge in [0.2, 0.25) is 0 Å². The first-order chi connectivity index (χ1) is 15.8. The standard InChI is InChI=1S/C16H23F3N2O3.C10H12/c1-14(2,3)24-13(23)20-8-15(9-20)6-11(7-15)21(10-4-5-10)12(22)16(17,18)19;1-2-3-7-10-8-5-4-6-9-10/h10-11H,4-9H2,1-3H3;3-9H,2H2,1H3/b;7-3-. The van der Waals surface area contributed by atoms with Gasteiger partial charge in [-0.15, -0.1) is 0 Å². The van der Waals surface area contributed by atoms with Crippen molar-refractivity contribution in [2.45, 2.75) is 83.7 Å². The number of alkyl halides is 3. The first kappa shape index (κ1) is 26.1. The van der Waals surface area contributed by atoms with E-state index in [1.54, 1.807) is 25.7 Å². The fourth-order valence-electron chi connectivity index (χ4n) is 4.56. The summed E-state index contributed by atoms with van der Waals surface area (Å²) in [6.07, 6.45) is 2.57. The van der Waals surface area contributed by atoms with Crippen LogP contribution in [0.4, 0.5) is 18.0 Å². The van der Waals surface area contributed by atoms with E-state index in [-0.39, 0.29) is 23.6 Å². The second-order valence-electron chi connectivity index (χ2n) is 10.6. The highest BCUT2D eigenvalue weighted by Gasteiger charge is 2.60. The minimum Gasteiger partial charge on any atom is -0.444 e. The number of hydrogen-bond donors (Lipinski definition) is 0. The Bertz CT molecular complexity index is 875. The Balaban J connectivity index is 0.000000271. The lowest BCUT2D eigenvalue weighted by Crippen LogP contribution is -2.69. The largest absolute Gasteiger partial charge is 0.471 e. The number of ether oxygens (including phenoxy) is 1. The average molecular weight is 481 g/mol.